The maximum absolute atomic E-state index is 12.1. The van der Waals surface area contributed by atoms with Crippen LogP contribution in [0.3, 0.4) is 0 Å². The Hall–Kier alpha value is -1.95. The fraction of sp³-hybridized carbons (Fsp3) is 0.500. The maximum Gasteiger partial charge on any atom is 0.354 e. The van der Waals surface area contributed by atoms with Crippen molar-refractivity contribution in [3.8, 4) is 0 Å². The normalized spacial score (nSPS) is 23.3. The lowest BCUT2D eigenvalue weighted by Crippen LogP contribution is -2.47. The second-order valence-corrected chi connectivity index (χ2v) is 5.26. The van der Waals surface area contributed by atoms with Gasteiger partial charge in [-0.25, -0.2) is 9.78 Å². The van der Waals surface area contributed by atoms with Crippen LogP contribution in [0.1, 0.15) is 40.6 Å². The minimum Gasteiger partial charge on any atom is -0.477 e. The quantitative estimate of drug-likeness (QED) is 0.861. The van der Waals surface area contributed by atoms with Crippen LogP contribution < -0.4 is 5.32 Å². The van der Waals surface area contributed by atoms with Gasteiger partial charge >= 0.3 is 5.97 Å². The number of pyridine rings is 1. The number of hydrogen-bond acceptors (Lipinski definition) is 4. The molecule has 2 unspecified atom stereocenters. The lowest BCUT2D eigenvalue weighted by atomic mass is 9.98. The Morgan fingerprint density at radius 1 is 1.45 bits per heavy atom. The van der Waals surface area contributed by atoms with Crippen LogP contribution in [0.15, 0.2) is 18.3 Å². The highest BCUT2D eigenvalue weighted by molar-refractivity contribution is 5.95. The predicted molar refractivity (Wildman–Crippen MR) is 73.8 cm³/mol. The first kappa shape index (κ1) is 14.5. The molecule has 6 nitrogen and oxygen atoms in total. The Bertz CT molecular complexity index is 501. The molecule has 2 rings (SSSR count). The molecule has 0 radical (unpaired) electrons. The SMILES string of the molecule is CC1CC(NC(=O)c2ccc(C(=O)O)nc2)CCN1C. The monoisotopic (exact) mass is 277 g/mol. The summed E-state index contributed by atoms with van der Waals surface area (Å²) in [5.41, 5.74) is 0.330. The molecule has 1 saturated heterocycles. The van der Waals surface area contributed by atoms with Crippen molar-refractivity contribution in [3.63, 3.8) is 0 Å². The molecule has 1 aliphatic rings. The van der Waals surface area contributed by atoms with E-state index < -0.39 is 5.97 Å². The van der Waals surface area contributed by atoms with E-state index in [1.54, 1.807) is 0 Å². The third kappa shape index (κ3) is 3.33. The zero-order valence-corrected chi connectivity index (χ0v) is 11.7. The van der Waals surface area contributed by atoms with Crippen LogP contribution in [0, 0.1) is 0 Å². The summed E-state index contributed by atoms with van der Waals surface area (Å²) in [4.78, 5) is 28.8. The molecule has 1 amide bonds. The van der Waals surface area contributed by atoms with Gasteiger partial charge in [-0.05, 0) is 38.9 Å². The minimum absolute atomic E-state index is 0.0607. The summed E-state index contributed by atoms with van der Waals surface area (Å²) in [6, 6.07) is 3.44. The van der Waals surface area contributed by atoms with E-state index in [4.69, 9.17) is 5.11 Å². The second kappa shape index (κ2) is 6.00. The Morgan fingerprint density at radius 3 is 2.75 bits per heavy atom. The lowest BCUT2D eigenvalue weighted by molar-refractivity contribution is 0.0689. The van der Waals surface area contributed by atoms with Gasteiger partial charge in [0.1, 0.15) is 5.69 Å². The Balaban J connectivity index is 1.96. The molecule has 1 aliphatic heterocycles. The van der Waals surface area contributed by atoms with E-state index in [1.807, 2.05) is 0 Å². The van der Waals surface area contributed by atoms with E-state index in [9.17, 15) is 9.59 Å². The molecule has 2 N–H and O–H groups in total. The van der Waals surface area contributed by atoms with Crippen LogP contribution in [0.5, 0.6) is 0 Å². The molecule has 0 aliphatic carbocycles. The zero-order chi connectivity index (χ0) is 14.7. The highest BCUT2D eigenvalue weighted by Gasteiger charge is 2.24. The number of carbonyl (C=O) groups excluding carboxylic acids is 1. The number of piperidine rings is 1. The van der Waals surface area contributed by atoms with Crippen molar-refractivity contribution in [1.29, 1.82) is 0 Å². The summed E-state index contributed by atoms with van der Waals surface area (Å²) >= 11 is 0. The molecule has 2 atom stereocenters. The maximum atomic E-state index is 12.1. The zero-order valence-electron chi connectivity index (χ0n) is 11.7. The lowest BCUT2D eigenvalue weighted by Gasteiger charge is -2.35. The van der Waals surface area contributed by atoms with E-state index in [0.29, 0.717) is 11.6 Å². The van der Waals surface area contributed by atoms with E-state index in [2.05, 4.69) is 29.2 Å². The number of carboxylic acid groups (broad SMARTS) is 1. The molecular weight excluding hydrogens is 258 g/mol. The molecule has 1 fully saturated rings. The smallest absolute Gasteiger partial charge is 0.354 e. The molecule has 2 heterocycles. The molecule has 0 bridgehead atoms. The van der Waals surface area contributed by atoms with Gasteiger partial charge in [0.15, 0.2) is 0 Å². The second-order valence-electron chi connectivity index (χ2n) is 5.26. The van der Waals surface area contributed by atoms with Crippen LogP contribution >= 0.6 is 0 Å². The van der Waals surface area contributed by atoms with Crippen LogP contribution in [0.4, 0.5) is 0 Å². The van der Waals surface area contributed by atoms with Crippen molar-refractivity contribution in [2.75, 3.05) is 13.6 Å². The number of carboxylic acids is 1. The summed E-state index contributed by atoms with van der Waals surface area (Å²) in [6.07, 6.45) is 3.15. The number of aromatic nitrogens is 1. The first-order chi connectivity index (χ1) is 9.47. The number of amides is 1. The highest BCUT2D eigenvalue weighted by atomic mass is 16.4. The van der Waals surface area contributed by atoms with Crippen LogP contribution in [-0.2, 0) is 0 Å². The molecule has 0 saturated carbocycles. The average molecular weight is 277 g/mol. The van der Waals surface area contributed by atoms with Crippen molar-refractivity contribution in [2.45, 2.75) is 31.8 Å². The van der Waals surface area contributed by atoms with Gasteiger partial charge in [-0.15, -0.1) is 0 Å². The highest BCUT2D eigenvalue weighted by Crippen LogP contribution is 2.15. The molecular formula is C14H19N3O3. The van der Waals surface area contributed by atoms with Gasteiger partial charge in [0.2, 0.25) is 0 Å². The summed E-state index contributed by atoms with van der Waals surface area (Å²) in [7, 11) is 2.08. The van der Waals surface area contributed by atoms with E-state index in [1.165, 1.54) is 18.3 Å². The summed E-state index contributed by atoms with van der Waals surface area (Å²) in [5.74, 6) is -1.29. The molecule has 108 valence electrons. The Morgan fingerprint density at radius 2 is 2.20 bits per heavy atom. The largest absolute Gasteiger partial charge is 0.477 e. The topological polar surface area (TPSA) is 82.5 Å². The fourth-order valence-electron chi connectivity index (χ4n) is 2.34. The number of nitrogens with zero attached hydrogens (tertiary/aromatic N) is 2. The van der Waals surface area contributed by atoms with Crippen molar-refractivity contribution in [1.82, 2.24) is 15.2 Å². The first-order valence-electron chi connectivity index (χ1n) is 6.68. The third-order valence-corrected chi connectivity index (χ3v) is 3.79. The Kier molecular flexibility index (Phi) is 4.34. The third-order valence-electron chi connectivity index (χ3n) is 3.79. The van der Waals surface area contributed by atoms with Gasteiger partial charge in [-0.2, -0.15) is 0 Å². The Labute approximate surface area is 117 Å². The van der Waals surface area contributed by atoms with Gasteiger partial charge in [0.05, 0.1) is 5.56 Å². The van der Waals surface area contributed by atoms with Crippen LogP contribution in [-0.4, -0.2) is 52.5 Å². The molecule has 1 aromatic heterocycles. The van der Waals surface area contributed by atoms with Crippen LogP contribution in [0.2, 0.25) is 0 Å². The molecule has 0 aromatic carbocycles. The number of hydrogen-bond donors (Lipinski definition) is 2. The number of rotatable bonds is 3. The van der Waals surface area contributed by atoms with Gasteiger partial charge in [0.25, 0.3) is 5.91 Å². The van der Waals surface area contributed by atoms with Gasteiger partial charge in [0, 0.05) is 24.8 Å². The number of likely N-dealkylation sites (tertiary alicyclic amines) is 1. The van der Waals surface area contributed by atoms with Crippen LogP contribution in [0.25, 0.3) is 0 Å². The number of aromatic carboxylic acids is 1. The number of carbonyl (C=O) groups is 2. The fourth-order valence-corrected chi connectivity index (χ4v) is 2.34. The molecule has 1 aromatic rings. The summed E-state index contributed by atoms with van der Waals surface area (Å²) in [5, 5.41) is 11.7. The van der Waals surface area contributed by atoms with Gasteiger partial charge in [-0.3, -0.25) is 4.79 Å². The van der Waals surface area contributed by atoms with Crippen molar-refractivity contribution in [2.24, 2.45) is 0 Å². The van der Waals surface area contributed by atoms with E-state index in [-0.39, 0.29) is 17.6 Å². The average Bonchev–Trinajstić information content (AvgIpc) is 2.43. The van der Waals surface area contributed by atoms with Gasteiger partial charge in [-0.1, -0.05) is 0 Å². The van der Waals surface area contributed by atoms with E-state index in [0.717, 1.165) is 19.4 Å². The molecule has 0 spiro atoms. The first-order valence-corrected chi connectivity index (χ1v) is 6.68. The van der Waals surface area contributed by atoms with Crippen molar-refractivity contribution in [3.05, 3.63) is 29.6 Å². The van der Waals surface area contributed by atoms with Gasteiger partial charge < -0.3 is 15.3 Å². The standard InChI is InChI=1S/C14H19N3O3/c1-9-7-11(5-6-17(9)2)16-13(18)10-3-4-12(14(19)20)15-8-10/h3-4,8-9,11H,5-7H2,1-2H3,(H,16,18)(H,19,20). The van der Waals surface area contributed by atoms with Crippen molar-refractivity contribution < 1.29 is 14.7 Å². The molecule has 6 heteroatoms. The summed E-state index contributed by atoms with van der Waals surface area (Å²) < 4.78 is 0. The predicted octanol–water partition coefficient (Wildman–Crippen LogP) is 0.992. The van der Waals surface area contributed by atoms with E-state index >= 15 is 0 Å². The minimum atomic E-state index is -1.10. The summed E-state index contributed by atoms with van der Waals surface area (Å²) in [6.45, 7) is 3.10. The van der Waals surface area contributed by atoms with Crippen molar-refractivity contribution >= 4 is 11.9 Å². The molecule has 20 heavy (non-hydrogen) atoms. The number of nitrogens with one attached hydrogen (secondary N) is 1.